The van der Waals surface area contributed by atoms with Crippen LogP contribution in [0.3, 0.4) is 0 Å². The molecular weight excluding hydrogens is 296 g/mol. The highest BCUT2D eigenvalue weighted by Crippen LogP contribution is 2.30. The number of benzene rings is 1. The number of ether oxygens (including phenoxy) is 2. The molecule has 0 aromatic heterocycles. The summed E-state index contributed by atoms with van der Waals surface area (Å²) < 4.78 is 10.4. The van der Waals surface area contributed by atoms with E-state index in [1.165, 1.54) is 14.2 Å². The fourth-order valence-corrected chi connectivity index (χ4v) is 2.80. The Labute approximate surface area is 136 Å². The quantitative estimate of drug-likeness (QED) is 0.839. The van der Waals surface area contributed by atoms with Crippen molar-refractivity contribution in [1.29, 1.82) is 0 Å². The molecule has 1 aliphatic carbocycles. The maximum Gasteiger partial charge on any atom is 0.255 e. The standard InChI is InChI=1S/C17H24N2O4/c1-11(16(20)19-12-7-4-5-8-12)18-17(21)13-9-6-10-14(22-2)15(13)23-3/h6,9-12H,4-5,7-8H2,1-3H3,(H,18,21)(H,19,20). The van der Waals surface area contributed by atoms with E-state index in [-0.39, 0.29) is 17.9 Å². The van der Waals surface area contributed by atoms with Gasteiger partial charge in [0, 0.05) is 6.04 Å². The van der Waals surface area contributed by atoms with Crippen LogP contribution < -0.4 is 20.1 Å². The number of carbonyl (C=O) groups is 2. The minimum atomic E-state index is -0.612. The van der Waals surface area contributed by atoms with Gasteiger partial charge in [-0.1, -0.05) is 18.9 Å². The maximum absolute atomic E-state index is 12.4. The number of rotatable bonds is 6. The summed E-state index contributed by atoms with van der Waals surface area (Å²) in [4.78, 5) is 24.6. The molecule has 6 heteroatoms. The van der Waals surface area contributed by atoms with Crippen molar-refractivity contribution < 1.29 is 19.1 Å². The van der Waals surface area contributed by atoms with Crippen LogP contribution in [0, 0.1) is 0 Å². The lowest BCUT2D eigenvalue weighted by atomic mass is 10.1. The summed E-state index contributed by atoms with van der Waals surface area (Å²) in [6.45, 7) is 1.68. The molecule has 2 N–H and O–H groups in total. The second-order valence-electron chi connectivity index (χ2n) is 5.73. The number of hydrogen-bond donors (Lipinski definition) is 2. The van der Waals surface area contributed by atoms with E-state index in [9.17, 15) is 9.59 Å². The van der Waals surface area contributed by atoms with E-state index in [0.29, 0.717) is 17.1 Å². The Morgan fingerprint density at radius 1 is 1.17 bits per heavy atom. The predicted octanol–water partition coefficient (Wildman–Crippen LogP) is 1.88. The van der Waals surface area contributed by atoms with Crippen molar-refractivity contribution in [3.8, 4) is 11.5 Å². The smallest absolute Gasteiger partial charge is 0.255 e. The fraction of sp³-hybridized carbons (Fsp3) is 0.529. The van der Waals surface area contributed by atoms with Crippen molar-refractivity contribution >= 4 is 11.8 Å². The van der Waals surface area contributed by atoms with Crippen LogP contribution in [0.4, 0.5) is 0 Å². The lowest BCUT2D eigenvalue weighted by Crippen LogP contribution is -2.47. The molecule has 1 fully saturated rings. The third-order valence-electron chi connectivity index (χ3n) is 4.09. The highest BCUT2D eigenvalue weighted by Gasteiger charge is 2.23. The van der Waals surface area contributed by atoms with Gasteiger partial charge in [-0.3, -0.25) is 9.59 Å². The molecule has 23 heavy (non-hydrogen) atoms. The van der Waals surface area contributed by atoms with Crippen LogP contribution in [0.25, 0.3) is 0 Å². The number of para-hydroxylation sites is 1. The van der Waals surface area contributed by atoms with Gasteiger partial charge in [0.2, 0.25) is 5.91 Å². The summed E-state index contributed by atoms with van der Waals surface area (Å²) in [7, 11) is 2.99. The van der Waals surface area contributed by atoms with Crippen molar-refractivity contribution in [3.05, 3.63) is 23.8 Å². The second kappa shape index (κ2) is 7.85. The van der Waals surface area contributed by atoms with Crippen LogP contribution >= 0.6 is 0 Å². The molecule has 0 heterocycles. The fourth-order valence-electron chi connectivity index (χ4n) is 2.80. The highest BCUT2D eigenvalue weighted by molar-refractivity contribution is 6.00. The molecule has 0 aliphatic heterocycles. The monoisotopic (exact) mass is 320 g/mol. The lowest BCUT2D eigenvalue weighted by molar-refractivity contribution is -0.123. The Morgan fingerprint density at radius 2 is 1.87 bits per heavy atom. The van der Waals surface area contributed by atoms with E-state index in [1.54, 1.807) is 25.1 Å². The summed E-state index contributed by atoms with van der Waals surface area (Å²) in [6.07, 6.45) is 4.31. The van der Waals surface area contributed by atoms with Crippen LogP contribution in [0.2, 0.25) is 0 Å². The summed E-state index contributed by atoms with van der Waals surface area (Å²) >= 11 is 0. The molecule has 0 saturated heterocycles. The molecule has 2 rings (SSSR count). The molecule has 126 valence electrons. The molecule has 1 aromatic carbocycles. The topological polar surface area (TPSA) is 76.7 Å². The molecule has 2 amide bonds. The highest BCUT2D eigenvalue weighted by atomic mass is 16.5. The van der Waals surface area contributed by atoms with Crippen LogP contribution in [0.5, 0.6) is 11.5 Å². The van der Waals surface area contributed by atoms with E-state index in [1.807, 2.05) is 0 Å². The first kappa shape index (κ1) is 17.1. The van der Waals surface area contributed by atoms with Crippen molar-refractivity contribution in [2.24, 2.45) is 0 Å². The lowest BCUT2D eigenvalue weighted by Gasteiger charge is -2.18. The molecule has 0 spiro atoms. The molecular formula is C17H24N2O4. The number of methoxy groups -OCH3 is 2. The van der Waals surface area contributed by atoms with Gasteiger partial charge in [0.1, 0.15) is 6.04 Å². The van der Waals surface area contributed by atoms with Crippen molar-refractivity contribution in [2.75, 3.05) is 14.2 Å². The number of amides is 2. The third-order valence-corrected chi connectivity index (χ3v) is 4.09. The number of carbonyl (C=O) groups excluding carboxylic acids is 2. The first-order chi connectivity index (χ1) is 11.1. The molecule has 1 aromatic rings. The van der Waals surface area contributed by atoms with E-state index in [0.717, 1.165) is 25.7 Å². The molecule has 1 saturated carbocycles. The van der Waals surface area contributed by atoms with E-state index in [2.05, 4.69) is 10.6 Å². The van der Waals surface area contributed by atoms with Crippen LogP contribution in [-0.4, -0.2) is 38.1 Å². The van der Waals surface area contributed by atoms with Gasteiger partial charge in [-0.05, 0) is 31.9 Å². The minimum absolute atomic E-state index is 0.160. The third kappa shape index (κ3) is 4.15. The number of hydrogen-bond acceptors (Lipinski definition) is 4. The Bertz CT molecular complexity index is 568. The van der Waals surface area contributed by atoms with Gasteiger partial charge in [-0.25, -0.2) is 0 Å². The summed E-state index contributed by atoms with van der Waals surface area (Å²) in [6, 6.07) is 4.68. The largest absolute Gasteiger partial charge is 0.493 e. The van der Waals surface area contributed by atoms with Crippen molar-refractivity contribution in [3.63, 3.8) is 0 Å². The second-order valence-corrected chi connectivity index (χ2v) is 5.73. The van der Waals surface area contributed by atoms with Crippen molar-refractivity contribution in [1.82, 2.24) is 10.6 Å². The van der Waals surface area contributed by atoms with Gasteiger partial charge in [-0.15, -0.1) is 0 Å². The average Bonchev–Trinajstić information content (AvgIpc) is 3.06. The van der Waals surface area contributed by atoms with E-state index < -0.39 is 6.04 Å². The Hall–Kier alpha value is -2.24. The maximum atomic E-state index is 12.4. The van der Waals surface area contributed by atoms with E-state index >= 15 is 0 Å². The van der Waals surface area contributed by atoms with Gasteiger partial charge in [-0.2, -0.15) is 0 Å². The zero-order valence-corrected chi connectivity index (χ0v) is 13.8. The minimum Gasteiger partial charge on any atom is -0.493 e. The molecule has 6 nitrogen and oxygen atoms in total. The zero-order chi connectivity index (χ0) is 16.8. The predicted molar refractivity (Wildman–Crippen MR) is 86.9 cm³/mol. The van der Waals surface area contributed by atoms with Gasteiger partial charge in [0.25, 0.3) is 5.91 Å². The molecule has 1 aliphatic rings. The molecule has 0 radical (unpaired) electrons. The van der Waals surface area contributed by atoms with Gasteiger partial charge in [0.05, 0.1) is 19.8 Å². The van der Waals surface area contributed by atoms with Gasteiger partial charge in [0.15, 0.2) is 11.5 Å². The Morgan fingerprint density at radius 3 is 2.48 bits per heavy atom. The Balaban J connectivity index is 2.01. The van der Waals surface area contributed by atoms with Gasteiger partial charge >= 0.3 is 0 Å². The van der Waals surface area contributed by atoms with Crippen molar-refractivity contribution in [2.45, 2.75) is 44.7 Å². The first-order valence-electron chi connectivity index (χ1n) is 7.89. The van der Waals surface area contributed by atoms with Gasteiger partial charge < -0.3 is 20.1 Å². The summed E-state index contributed by atoms with van der Waals surface area (Å²) in [5.41, 5.74) is 0.340. The van der Waals surface area contributed by atoms with Crippen LogP contribution in [0.15, 0.2) is 18.2 Å². The SMILES string of the molecule is COc1cccc(C(=O)NC(C)C(=O)NC2CCCC2)c1OC. The molecule has 0 bridgehead atoms. The summed E-state index contributed by atoms with van der Waals surface area (Å²) in [5, 5.41) is 5.69. The summed E-state index contributed by atoms with van der Waals surface area (Å²) in [5.74, 6) is 0.307. The molecule has 1 unspecified atom stereocenters. The van der Waals surface area contributed by atoms with Crippen LogP contribution in [0.1, 0.15) is 43.0 Å². The van der Waals surface area contributed by atoms with E-state index in [4.69, 9.17) is 9.47 Å². The number of nitrogens with one attached hydrogen (secondary N) is 2. The van der Waals surface area contributed by atoms with Crippen LogP contribution in [-0.2, 0) is 4.79 Å². The first-order valence-corrected chi connectivity index (χ1v) is 7.89. The molecule has 1 atom stereocenters. The zero-order valence-electron chi connectivity index (χ0n) is 13.8. The normalized spacial score (nSPS) is 15.8. The average molecular weight is 320 g/mol. The Kier molecular flexibility index (Phi) is 5.84.